The van der Waals surface area contributed by atoms with Gasteiger partial charge in [0.05, 0.1) is 25.3 Å². The van der Waals surface area contributed by atoms with Gasteiger partial charge in [0, 0.05) is 10.7 Å². The summed E-state index contributed by atoms with van der Waals surface area (Å²) in [6.07, 6.45) is 0. The first-order valence-corrected chi connectivity index (χ1v) is 6.24. The van der Waals surface area contributed by atoms with Crippen molar-refractivity contribution < 1.29 is 18.9 Å². The summed E-state index contributed by atoms with van der Waals surface area (Å²) >= 11 is 5.84. The molecule has 0 atom stereocenters. The van der Waals surface area contributed by atoms with Crippen LogP contribution >= 0.6 is 11.6 Å². The number of benzene rings is 1. The standard InChI is InChI=1S/C13H11ClN2O5/c1-20-13(17)10-6-8(14)2-4-11(10)15-7-9-3-5-12(21-9)16(18)19/h2-6,15H,7H2,1H3. The third-order valence-electron chi connectivity index (χ3n) is 2.67. The molecule has 0 fully saturated rings. The van der Waals surface area contributed by atoms with Crippen LogP contribution in [0.3, 0.4) is 0 Å². The SMILES string of the molecule is COC(=O)c1cc(Cl)ccc1NCc1ccc([N+](=O)[O-])o1. The molecule has 1 aromatic heterocycles. The molecule has 0 bridgehead atoms. The van der Waals surface area contributed by atoms with Crippen LogP contribution in [0.1, 0.15) is 16.1 Å². The number of carbonyl (C=O) groups excluding carboxylic acids is 1. The molecule has 0 saturated heterocycles. The van der Waals surface area contributed by atoms with Crippen molar-refractivity contribution in [2.75, 3.05) is 12.4 Å². The van der Waals surface area contributed by atoms with Crippen molar-refractivity contribution in [3.8, 4) is 0 Å². The molecular formula is C13H11ClN2O5. The average molecular weight is 311 g/mol. The van der Waals surface area contributed by atoms with Gasteiger partial charge >= 0.3 is 11.9 Å². The van der Waals surface area contributed by atoms with Crippen LogP contribution in [0.5, 0.6) is 0 Å². The number of methoxy groups -OCH3 is 1. The zero-order valence-electron chi connectivity index (χ0n) is 11.0. The molecule has 0 aliphatic rings. The molecule has 0 spiro atoms. The Hall–Kier alpha value is -2.54. The number of anilines is 1. The Labute approximate surface area is 124 Å². The predicted octanol–water partition coefficient (Wildman–Crippen LogP) is 3.24. The van der Waals surface area contributed by atoms with Crippen molar-refractivity contribution >= 4 is 29.1 Å². The van der Waals surface area contributed by atoms with E-state index in [4.69, 9.17) is 16.0 Å². The van der Waals surface area contributed by atoms with Gasteiger partial charge in [0.15, 0.2) is 0 Å². The van der Waals surface area contributed by atoms with Crippen LogP contribution < -0.4 is 5.32 Å². The summed E-state index contributed by atoms with van der Waals surface area (Å²) in [4.78, 5) is 21.6. The molecule has 21 heavy (non-hydrogen) atoms. The number of furan rings is 1. The lowest BCUT2D eigenvalue weighted by atomic mass is 10.1. The second-order valence-corrected chi connectivity index (χ2v) is 4.47. The Morgan fingerprint density at radius 3 is 2.81 bits per heavy atom. The minimum atomic E-state index is -0.619. The van der Waals surface area contributed by atoms with Crippen LogP contribution in [-0.2, 0) is 11.3 Å². The first-order valence-electron chi connectivity index (χ1n) is 5.86. The van der Waals surface area contributed by atoms with E-state index >= 15 is 0 Å². The third-order valence-corrected chi connectivity index (χ3v) is 2.90. The van der Waals surface area contributed by atoms with E-state index < -0.39 is 10.9 Å². The summed E-state index contributed by atoms with van der Waals surface area (Å²) in [5.41, 5.74) is 0.761. The normalized spacial score (nSPS) is 10.2. The largest absolute Gasteiger partial charge is 0.465 e. The maximum atomic E-state index is 11.7. The second kappa shape index (κ2) is 6.27. The molecule has 8 heteroatoms. The highest BCUT2D eigenvalue weighted by Crippen LogP contribution is 2.23. The first-order chi connectivity index (χ1) is 10.0. The number of nitro groups is 1. The zero-order valence-corrected chi connectivity index (χ0v) is 11.7. The Morgan fingerprint density at radius 1 is 1.43 bits per heavy atom. The highest BCUT2D eigenvalue weighted by molar-refractivity contribution is 6.31. The van der Waals surface area contributed by atoms with E-state index in [-0.39, 0.29) is 18.0 Å². The Kier molecular flexibility index (Phi) is 4.44. The molecule has 0 saturated carbocycles. The van der Waals surface area contributed by atoms with Crippen molar-refractivity contribution in [3.05, 3.63) is 56.8 Å². The molecule has 0 radical (unpaired) electrons. The smallest absolute Gasteiger partial charge is 0.433 e. The van der Waals surface area contributed by atoms with Gasteiger partial charge < -0.3 is 14.5 Å². The van der Waals surface area contributed by atoms with E-state index in [0.29, 0.717) is 16.5 Å². The minimum absolute atomic E-state index is 0.180. The van der Waals surface area contributed by atoms with E-state index in [1.807, 2.05) is 0 Å². The number of hydrogen-bond donors (Lipinski definition) is 1. The summed E-state index contributed by atoms with van der Waals surface area (Å²) in [6, 6.07) is 7.45. The molecule has 1 aromatic carbocycles. The van der Waals surface area contributed by atoms with E-state index in [1.165, 1.54) is 25.3 Å². The number of halogens is 1. The quantitative estimate of drug-likeness (QED) is 0.517. The first kappa shape index (κ1) is 14.9. The third kappa shape index (κ3) is 3.51. The Balaban J connectivity index is 2.15. The number of ether oxygens (including phenoxy) is 1. The van der Waals surface area contributed by atoms with E-state index in [1.54, 1.807) is 12.1 Å². The fourth-order valence-electron chi connectivity index (χ4n) is 1.69. The van der Waals surface area contributed by atoms with Crippen LogP contribution in [0, 0.1) is 10.1 Å². The van der Waals surface area contributed by atoms with Gasteiger partial charge in [-0.05, 0) is 24.3 Å². The van der Waals surface area contributed by atoms with Gasteiger partial charge in [-0.1, -0.05) is 11.6 Å². The van der Waals surface area contributed by atoms with Crippen molar-refractivity contribution in [1.29, 1.82) is 0 Å². The number of carbonyl (C=O) groups is 1. The Morgan fingerprint density at radius 2 is 2.19 bits per heavy atom. The van der Waals surface area contributed by atoms with Gasteiger partial charge in [0.1, 0.15) is 10.7 Å². The summed E-state index contributed by atoms with van der Waals surface area (Å²) in [5, 5.41) is 13.9. The molecule has 2 rings (SSSR count). The van der Waals surface area contributed by atoms with E-state index in [0.717, 1.165) is 0 Å². The highest BCUT2D eigenvalue weighted by Gasteiger charge is 2.14. The summed E-state index contributed by atoms with van der Waals surface area (Å²) in [6.45, 7) is 0.180. The average Bonchev–Trinajstić information content (AvgIpc) is 2.94. The van der Waals surface area contributed by atoms with Crippen molar-refractivity contribution in [3.63, 3.8) is 0 Å². The number of esters is 1. The zero-order chi connectivity index (χ0) is 15.4. The van der Waals surface area contributed by atoms with Crippen molar-refractivity contribution in [2.24, 2.45) is 0 Å². The fraction of sp³-hybridized carbons (Fsp3) is 0.154. The molecule has 110 valence electrons. The van der Waals surface area contributed by atoms with Gasteiger partial charge in [-0.3, -0.25) is 10.1 Å². The van der Waals surface area contributed by atoms with Gasteiger partial charge in [0.2, 0.25) is 0 Å². The lowest BCUT2D eigenvalue weighted by molar-refractivity contribution is -0.402. The predicted molar refractivity (Wildman–Crippen MR) is 75.5 cm³/mol. The molecule has 1 heterocycles. The van der Waals surface area contributed by atoms with Gasteiger partial charge in [-0.25, -0.2) is 4.79 Å². The molecule has 1 N–H and O–H groups in total. The molecule has 0 aliphatic carbocycles. The van der Waals surface area contributed by atoms with Crippen molar-refractivity contribution in [1.82, 2.24) is 0 Å². The minimum Gasteiger partial charge on any atom is -0.465 e. The topological polar surface area (TPSA) is 94.6 Å². The summed E-state index contributed by atoms with van der Waals surface area (Å²) < 4.78 is 9.68. The molecule has 7 nitrogen and oxygen atoms in total. The summed E-state index contributed by atoms with van der Waals surface area (Å²) in [5.74, 6) is -0.506. The van der Waals surface area contributed by atoms with Gasteiger partial charge in [-0.2, -0.15) is 0 Å². The molecule has 0 unspecified atom stereocenters. The van der Waals surface area contributed by atoms with Crippen LogP contribution in [0.2, 0.25) is 5.02 Å². The monoisotopic (exact) mass is 310 g/mol. The fourth-order valence-corrected chi connectivity index (χ4v) is 1.86. The lowest BCUT2D eigenvalue weighted by Crippen LogP contribution is -2.08. The maximum absolute atomic E-state index is 11.7. The van der Waals surface area contributed by atoms with Crippen LogP contribution in [-0.4, -0.2) is 18.0 Å². The molecule has 0 amide bonds. The van der Waals surface area contributed by atoms with E-state index in [9.17, 15) is 14.9 Å². The lowest BCUT2D eigenvalue weighted by Gasteiger charge is -2.10. The second-order valence-electron chi connectivity index (χ2n) is 4.03. The molecule has 2 aromatic rings. The number of hydrogen-bond acceptors (Lipinski definition) is 6. The van der Waals surface area contributed by atoms with Gasteiger partial charge in [0.25, 0.3) is 0 Å². The van der Waals surface area contributed by atoms with E-state index in [2.05, 4.69) is 10.1 Å². The number of nitrogens with zero attached hydrogens (tertiary/aromatic N) is 1. The Bertz CT molecular complexity index is 683. The molecular weight excluding hydrogens is 300 g/mol. The van der Waals surface area contributed by atoms with Crippen LogP contribution in [0.15, 0.2) is 34.7 Å². The number of rotatable bonds is 5. The van der Waals surface area contributed by atoms with Gasteiger partial charge in [-0.15, -0.1) is 0 Å². The molecule has 0 aliphatic heterocycles. The highest BCUT2D eigenvalue weighted by atomic mass is 35.5. The summed E-state index contributed by atoms with van der Waals surface area (Å²) in [7, 11) is 1.27. The van der Waals surface area contributed by atoms with Crippen LogP contribution in [0.4, 0.5) is 11.6 Å². The van der Waals surface area contributed by atoms with Crippen LogP contribution in [0.25, 0.3) is 0 Å². The number of nitrogens with one attached hydrogen (secondary N) is 1. The van der Waals surface area contributed by atoms with Crippen molar-refractivity contribution in [2.45, 2.75) is 6.54 Å². The maximum Gasteiger partial charge on any atom is 0.433 e.